The summed E-state index contributed by atoms with van der Waals surface area (Å²) in [6.45, 7) is 4.40. The fourth-order valence-corrected chi connectivity index (χ4v) is 3.89. The van der Waals surface area contributed by atoms with Crippen LogP contribution in [0.5, 0.6) is 0 Å². The lowest BCUT2D eigenvalue weighted by molar-refractivity contribution is 0.102. The Bertz CT molecular complexity index is 359. The number of hydrogen-bond donors (Lipinski definition) is 1. The molecule has 4 heteroatoms. The first kappa shape index (κ1) is 11.4. The number of nitrogens with zero attached hydrogens (tertiary/aromatic N) is 1. The number of aliphatic hydroxyl groups is 1. The van der Waals surface area contributed by atoms with Gasteiger partial charge in [0.25, 0.3) is 0 Å². The van der Waals surface area contributed by atoms with E-state index in [9.17, 15) is 5.11 Å². The molecule has 0 aliphatic heterocycles. The van der Waals surface area contributed by atoms with E-state index in [0.717, 1.165) is 34.2 Å². The van der Waals surface area contributed by atoms with Gasteiger partial charge in [-0.05, 0) is 24.5 Å². The molecule has 1 unspecified atom stereocenters. The quantitative estimate of drug-likeness (QED) is 0.867. The molecule has 1 aromatic heterocycles. The summed E-state index contributed by atoms with van der Waals surface area (Å²) in [4.78, 5) is 5.73. The van der Waals surface area contributed by atoms with Gasteiger partial charge in [-0.25, -0.2) is 4.98 Å². The van der Waals surface area contributed by atoms with E-state index < -0.39 is 0 Å². The van der Waals surface area contributed by atoms with Crippen molar-refractivity contribution < 1.29 is 5.11 Å². The summed E-state index contributed by atoms with van der Waals surface area (Å²) in [5, 5.41) is 11.2. The second-order valence-corrected chi connectivity index (χ2v) is 6.89. The van der Waals surface area contributed by atoms with Gasteiger partial charge in [0.05, 0.1) is 16.7 Å². The maximum absolute atomic E-state index is 10.0. The second-order valence-electron chi connectivity index (χ2n) is 4.91. The Morgan fingerprint density at radius 2 is 2.33 bits per heavy atom. The zero-order valence-electron chi connectivity index (χ0n) is 9.41. The third kappa shape index (κ3) is 2.37. The highest BCUT2D eigenvalue weighted by molar-refractivity contribution is 7.97. The molecule has 0 saturated carbocycles. The second kappa shape index (κ2) is 4.07. The van der Waals surface area contributed by atoms with Gasteiger partial charge in [0.2, 0.25) is 0 Å². The molecular formula is C11H17NOS2. The molecule has 1 atom stereocenters. The summed E-state index contributed by atoms with van der Waals surface area (Å²) in [5.74, 6) is 0.963. The minimum Gasteiger partial charge on any atom is -0.387 e. The van der Waals surface area contributed by atoms with Crippen molar-refractivity contribution in [3.8, 4) is 0 Å². The topological polar surface area (TPSA) is 33.1 Å². The number of thiazole rings is 1. The van der Waals surface area contributed by atoms with Crippen LogP contribution < -0.4 is 0 Å². The van der Waals surface area contributed by atoms with E-state index in [-0.39, 0.29) is 11.5 Å². The predicted molar refractivity (Wildman–Crippen MR) is 66.4 cm³/mol. The van der Waals surface area contributed by atoms with Crippen LogP contribution in [0.3, 0.4) is 0 Å². The summed E-state index contributed by atoms with van der Waals surface area (Å²) in [6.07, 6.45) is 3.66. The van der Waals surface area contributed by atoms with Crippen LogP contribution in [0.25, 0.3) is 0 Å². The summed E-state index contributed by atoms with van der Waals surface area (Å²) >= 11 is 3.47. The number of aliphatic hydroxyl groups excluding tert-OH is 1. The Morgan fingerprint density at radius 1 is 1.60 bits per heavy atom. The molecule has 84 valence electrons. The molecular weight excluding hydrogens is 226 g/mol. The number of aromatic nitrogens is 1. The van der Waals surface area contributed by atoms with Gasteiger partial charge in [0.1, 0.15) is 5.01 Å². The average molecular weight is 243 g/mol. The van der Waals surface area contributed by atoms with Crippen LogP contribution >= 0.6 is 23.1 Å². The SMILES string of the molecule is CSCc1nc2c(s1)C(O)CC(C)(C)C2. The molecule has 2 rings (SSSR count). The lowest BCUT2D eigenvalue weighted by atomic mass is 9.77. The highest BCUT2D eigenvalue weighted by Crippen LogP contribution is 2.43. The van der Waals surface area contributed by atoms with Crippen LogP contribution in [0, 0.1) is 5.41 Å². The average Bonchev–Trinajstić information content (AvgIpc) is 2.46. The van der Waals surface area contributed by atoms with Crippen LogP contribution in [0.2, 0.25) is 0 Å². The maximum atomic E-state index is 10.0. The summed E-state index contributed by atoms with van der Waals surface area (Å²) < 4.78 is 0. The van der Waals surface area contributed by atoms with Crippen LogP contribution in [0.1, 0.15) is 42.0 Å². The molecule has 0 saturated heterocycles. The zero-order chi connectivity index (χ0) is 11.1. The summed E-state index contributed by atoms with van der Waals surface area (Å²) in [5.41, 5.74) is 1.32. The third-order valence-corrected chi connectivity index (χ3v) is 4.68. The Morgan fingerprint density at radius 3 is 3.00 bits per heavy atom. The van der Waals surface area contributed by atoms with Gasteiger partial charge in [-0.2, -0.15) is 11.8 Å². The molecule has 0 radical (unpaired) electrons. The molecule has 0 aromatic carbocycles. The van der Waals surface area contributed by atoms with Crippen LogP contribution in [0.4, 0.5) is 0 Å². The molecule has 0 fully saturated rings. The van der Waals surface area contributed by atoms with Crippen molar-refractivity contribution in [1.82, 2.24) is 4.98 Å². The first-order valence-electron chi connectivity index (χ1n) is 5.17. The van der Waals surface area contributed by atoms with E-state index >= 15 is 0 Å². The highest BCUT2D eigenvalue weighted by Gasteiger charge is 2.33. The summed E-state index contributed by atoms with van der Waals surface area (Å²) in [7, 11) is 0. The Hall–Kier alpha value is -0.0600. The van der Waals surface area contributed by atoms with E-state index in [2.05, 4.69) is 25.1 Å². The van der Waals surface area contributed by atoms with Crippen LogP contribution in [0.15, 0.2) is 0 Å². The lowest BCUT2D eigenvalue weighted by Gasteiger charge is -2.31. The van der Waals surface area contributed by atoms with Gasteiger partial charge >= 0.3 is 0 Å². The lowest BCUT2D eigenvalue weighted by Crippen LogP contribution is -2.24. The Labute approximate surface area is 99.1 Å². The van der Waals surface area contributed by atoms with E-state index in [1.807, 2.05) is 0 Å². The maximum Gasteiger partial charge on any atom is 0.103 e. The van der Waals surface area contributed by atoms with Crippen molar-refractivity contribution in [2.45, 2.75) is 38.5 Å². The van der Waals surface area contributed by atoms with Crippen molar-refractivity contribution >= 4 is 23.1 Å². The molecule has 1 heterocycles. The van der Waals surface area contributed by atoms with E-state index in [1.165, 1.54) is 0 Å². The van der Waals surface area contributed by atoms with Gasteiger partial charge < -0.3 is 5.11 Å². The molecule has 1 aliphatic rings. The number of hydrogen-bond acceptors (Lipinski definition) is 4. The number of thioether (sulfide) groups is 1. The predicted octanol–water partition coefficient (Wildman–Crippen LogP) is 3.01. The molecule has 0 amide bonds. The molecule has 15 heavy (non-hydrogen) atoms. The van der Waals surface area contributed by atoms with Crippen molar-refractivity contribution in [1.29, 1.82) is 0 Å². The molecule has 0 bridgehead atoms. The minimum absolute atomic E-state index is 0.192. The minimum atomic E-state index is -0.295. The molecule has 2 nitrogen and oxygen atoms in total. The first-order chi connectivity index (χ1) is 7.02. The zero-order valence-corrected chi connectivity index (χ0v) is 11.0. The van der Waals surface area contributed by atoms with Gasteiger partial charge in [0.15, 0.2) is 0 Å². The molecule has 1 aromatic rings. The van der Waals surface area contributed by atoms with Crippen LogP contribution in [-0.2, 0) is 12.2 Å². The monoisotopic (exact) mass is 243 g/mol. The standard InChI is InChI=1S/C11H17NOS2/c1-11(2)4-7-10(8(13)5-11)15-9(12-7)6-14-3/h8,13H,4-6H2,1-3H3. The van der Waals surface area contributed by atoms with Crippen molar-refractivity contribution in [2.24, 2.45) is 5.41 Å². The van der Waals surface area contributed by atoms with Crippen molar-refractivity contribution in [3.63, 3.8) is 0 Å². The summed E-state index contributed by atoms with van der Waals surface area (Å²) in [6, 6.07) is 0. The Kier molecular flexibility index (Phi) is 3.10. The largest absolute Gasteiger partial charge is 0.387 e. The van der Waals surface area contributed by atoms with Gasteiger partial charge in [0, 0.05) is 5.75 Å². The van der Waals surface area contributed by atoms with Crippen molar-refractivity contribution in [3.05, 3.63) is 15.6 Å². The molecule has 0 spiro atoms. The van der Waals surface area contributed by atoms with E-state index in [0.29, 0.717) is 0 Å². The number of rotatable bonds is 2. The van der Waals surface area contributed by atoms with E-state index in [4.69, 9.17) is 0 Å². The molecule has 1 aliphatic carbocycles. The normalized spacial score (nSPS) is 23.9. The first-order valence-corrected chi connectivity index (χ1v) is 7.38. The highest BCUT2D eigenvalue weighted by atomic mass is 32.2. The third-order valence-electron chi connectivity index (χ3n) is 2.73. The smallest absolute Gasteiger partial charge is 0.103 e. The Balaban J connectivity index is 2.30. The van der Waals surface area contributed by atoms with Crippen LogP contribution in [-0.4, -0.2) is 16.3 Å². The van der Waals surface area contributed by atoms with Gasteiger partial charge in [-0.15, -0.1) is 11.3 Å². The number of fused-ring (bicyclic) bond motifs is 1. The fourth-order valence-electron chi connectivity index (χ4n) is 2.13. The fraction of sp³-hybridized carbons (Fsp3) is 0.727. The van der Waals surface area contributed by atoms with Gasteiger partial charge in [-0.3, -0.25) is 0 Å². The molecule has 1 N–H and O–H groups in total. The van der Waals surface area contributed by atoms with E-state index in [1.54, 1.807) is 23.1 Å². The van der Waals surface area contributed by atoms with Gasteiger partial charge in [-0.1, -0.05) is 13.8 Å². The van der Waals surface area contributed by atoms with Crippen molar-refractivity contribution in [2.75, 3.05) is 6.26 Å².